The normalized spacial score (nSPS) is 14.9. The Morgan fingerprint density at radius 1 is 0.731 bits per heavy atom. The van der Waals surface area contributed by atoms with Gasteiger partial charge in [-0.3, -0.25) is 4.79 Å². The van der Waals surface area contributed by atoms with Gasteiger partial charge in [-0.2, -0.15) is 0 Å². The first-order valence-corrected chi connectivity index (χ1v) is 11.5. The molecule has 1 heterocycles. The average molecular weight is 362 g/mol. The van der Waals surface area contributed by atoms with Crippen LogP contribution in [0.15, 0.2) is 24.3 Å². The number of hydrogen-bond donors (Lipinski definition) is 0. The van der Waals surface area contributed by atoms with E-state index in [0.29, 0.717) is 0 Å². The predicted octanol–water partition coefficient (Wildman–Crippen LogP) is 7.20. The summed E-state index contributed by atoms with van der Waals surface area (Å²) >= 11 is 0. The Kier molecular flexibility index (Phi) is 15.4. The van der Waals surface area contributed by atoms with Gasteiger partial charge >= 0.3 is 0 Å². The quantitative estimate of drug-likeness (QED) is 0.162. The molecule has 1 aliphatic heterocycles. The first-order valence-electron chi connectivity index (χ1n) is 11.5. The molecule has 1 fully saturated rings. The summed E-state index contributed by atoms with van der Waals surface area (Å²) in [7, 11) is 0. The van der Waals surface area contributed by atoms with E-state index >= 15 is 0 Å². The van der Waals surface area contributed by atoms with Crippen LogP contribution in [-0.2, 0) is 4.79 Å². The summed E-state index contributed by atoms with van der Waals surface area (Å²) in [5.41, 5.74) is 0. The minimum absolute atomic E-state index is 0.174. The zero-order valence-corrected chi connectivity index (χ0v) is 17.4. The lowest BCUT2D eigenvalue weighted by molar-refractivity contribution is -0.124. The molecule has 0 radical (unpaired) electrons. The van der Waals surface area contributed by atoms with Crippen LogP contribution in [0.1, 0.15) is 110 Å². The van der Waals surface area contributed by atoms with Crippen molar-refractivity contribution in [2.45, 2.75) is 110 Å². The van der Waals surface area contributed by atoms with E-state index in [1.165, 1.54) is 83.5 Å². The number of carbonyl (C=O) groups excluding carboxylic acids is 1. The van der Waals surface area contributed by atoms with Crippen molar-refractivity contribution in [1.82, 2.24) is 4.90 Å². The molecule has 1 aliphatic rings. The number of nitrogens with zero attached hydrogens (tertiary/aromatic N) is 1. The molecule has 26 heavy (non-hydrogen) atoms. The summed E-state index contributed by atoms with van der Waals surface area (Å²) in [6.07, 6.45) is 29.6. The number of carbonyl (C=O) groups is 1. The summed E-state index contributed by atoms with van der Waals surface area (Å²) in [6.45, 7) is 4.16. The maximum absolute atomic E-state index is 11.8. The summed E-state index contributed by atoms with van der Waals surface area (Å²) in [5, 5.41) is 0. The Bertz CT molecular complexity index is 380. The summed E-state index contributed by atoms with van der Waals surface area (Å²) in [4.78, 5) is 13.8. The Morgan fingerprint density at radius 3 is 1.77 bits per heavy atom. The van der Waals surface area contributed by atoms with Crippen LogP contribution in [0.4, 0.5) is 0 Å². The molecule has 0 spiro atoms. The van der Waals surface area contributed by atoms with Gasteiger partial charge in [-0.05, 0) is 25.7 Å². The van der Waals surface area contributed by atoms with Gasteiger partial charge in [0.05, 0.1) is 0 Å². The van der Waals surface area contributed by atoms with E-state index in [2.05, 4.69) is 13.0 Å². The molecule has 0 aromatic carbocycles. The maximum Gasteiger partial charge on any atom is 0.246 e. The number of amides is 1. The van der Waals surface area contributed by atoms with Gasteiger partial charge in [-0.15, -0.1) is 0 Å². The molecule has 0 unspecified atom stereocenters. The molecular formula is C24H43NO. The van der Waals surface area contributed by atoms with Gasteiger partial charge in [0.15, 0.2) is 0 Å². The van der Waals surface area contributed by atoms with Crippen LogP contribution < -0.4 is 0 Å². The van der Waals surface area contributed by atoms with Crippen LogP contribution in [0.25, 0.3) is 0 Å². The van der Waals surface area contributed by atoms with Crippen LogP contribution >= 0.6 is 0 Å². The van der Waals surface area contributed by atoms with Crippen molar-refractivity contribution in [3.8, 4) is 0 Å². The second-order valence-electron chi connectivity index (χ2n) is 7.85. The minimum atomic E-state index is 0.174. The lowest BCUT2D eigenvalue weighted by Crippen LogP contribution is -2.25. The summed E-state index contributed by atoms with van der Waals surface area (Å²) < 4.78 is 0. The molecule has 0 saturated carbocycles. The van der Waals surface area contributed by atoms with Crippen molar-refractivity contribution in [1.29, 1.82) is 0 Å². The number of likely N-dealkylation sites (tertiary alicyclic amines) is 1. The largest absolute Gasteiger partial charge is 0.339 e. The first kappa shape index (κ1) is 23.0. The number of hydrogen-bond acceptors (Lipinski definition) is 1. The van der Waals surface area contributed by atoms with Gasteiger partial charge in [0.1, 0.15) is 0 Å². The van der Waals surface area contributed by atoms with Gasteiger partial charge in [0.25, 0.3) is 0 Å². The zero-order valence-electron chi connectivity index (χ0n) is 17.4. The van der Waals surface area contributed by atoms with E-state index in [-0.39, 0.29) is 5.91 Å². The molecule has 0 aromatic rings. The fourth-order valence-corrected chi connectivity index (χ4v) is 3.64. The lowest BCUT2D eigenvalue weighted by atomic mass is 10.0. The first-order chi connectivity index (χ1) is 12.8. The SMILES string of the molecule is CCCCCCCCCCCCCCC/C=C/C=C/C(=O)N1CCCC1. The number of allylic oxidation sites excluding steroid dienone is 3. The number of unbranched alkanes of at least 4 members (excludes halogenated alkanes) is 13. The third-order valence-corrected chi connectivity index (χ3v) is 5.38. The molecule has 0 bridgehead atoms. The smallest absolute Gasteiger partial charge is 0.246 e. The highest BCUT2D eigenvalue weighted by Gasteiger charge is 2.14. The van der Waals surface area contributed by atoms with E-state index in [1.54, 1.807) is 6.08 Å². The number of rotatable bonds is 16. The van der Waals surface area contributed by atoms with Crippen molar-refractivity contribution >= 4 is 5.91 Å². The highest BCUT2D eigenvalue weighted by atomic mass is 16.2. The summed E-state index contributed by atoms with van der Waals surface area (Å²) in [5.74, 6) is 0.174. The average Bonchev–Trinajstić information content (AvgIpc) is 3.19. The maximum atomic E-state index is 11.8. The molecular weight excluding hydrogens is 318 g/mol. The van der Waals surface area contributed by atoms with Crippen LogP contribution in [-0.4, -0.2) is 23.9 Å². The molecule has 1 amide bonds. The van der Waals surface area contributed by atoms with E-state index in [1.807, 2.05) is 17.1 Å². The van der Waals surface area contributed by atoms with Crippen LogP contribution in [0.2, 0.25) is 0 Å². The third kappa shape index (κ3) is 13.2. The van der Waals surface area contributed by atoms with Crippen molar-refractivity contribution in [3.63, 3.8) is 0 Å². The Morgan fingerprint density at radius 2 is 1.23 bits per heavy atom. The molecule has 1 rings (SSSR count). The molecule has 150 valence electrons. The van der Waals surface area contributed by atoms with Crippen molar-refractivity contribution < 1.29 is 4.79 Å². The highest BCUT2D eigenvalue weighted by molar-refractivity contribution is 5.88. The monoisotopic (exact) mass is 361 g/mol. The Hall–Kier alpha value is -1.05. The molecule has 2 nitrogen and oxygen atoms in total. The molecule has 0 N–H and O–H groups in total. The van der Waals surface area contributed by atoms with Gasteiger partial charge in [0, 0.05) is 19.2 Å². The van der Waals surface area contributed by atoms with Gasteiger partial charge in [0.2, 0.25) is 5.91 Å². The van der Waals surface area contributed by atoms with Gasteiger partial charge in [-0.1, -0.05) is 102 Å². The van der Waals surface area contributed by atoms with Gasteiger partial charge in [-0.25, -0.2) is 0 Å². The highest BCUT2D eigenvalue weighted by Crippen LogP contribution is 2.13. The van der Waals surface area contributed by atoms with Crippen molar-refractivity contribution in [2.75, 3.05) is 13.1 Å². The van der Waals surface area contributed by atoms with E-state index in [0.717, 1.165) is 32.4 Å². The third-order valence-electron chi connectivity index (χ3n) is 5.38. The second-order valence-corrected chi connectivity index (χ2v) is 7.85. The van der Waals surface area contributed by atoms with E-state index < -0.39 is 0 Å². The van der Waals surface area contributed by atoms with Gasteiger partial charge < -0.3 is 4.90 Å². The van der Waals surface area contributed by atoms with E-state index in [9.17, 15) is 4.79 Å². The standard InChI is InChI=1S/C24H43NO/c1-2-3-4-5-6-7-8-9-10-11-12-13-14-15-16-17-18-21-24(26)25-22-19-20-23-25/h16-18,21H,2-15,19-20,22-23H2,1H3/b17-16+,21-18+. The zero-order chi connectivity index (χ0) is 18.7. The van der Waals surface area contributed by atoms with Crippen LogP contribution in [0, 0.1) is 0 Å². The molecule has 1 saturated heterocycles. The Balaban J connectivity index is 1.79. The molecule has 2 heteroatoms. The van der Waals surface area contributed by atoms with E-state index in [4.69, 9.17) is 0 Å². The molecule has 0 aromatic heterocycles. The Labute approximate surface area is 163 Å². The summed E-state index contributed by atoms with van der Waals surface area (Å²) in [6, 6.07) is 0. The molecule has 0 atom stereocenters. The minimum Gasteiger partial charge on any atom is -0.339 e. The lowest BCUT2D eigenvalue weighted by Gasteiger charge is -2.11. The topological polar surface area (TPSA) is 20.3 Å². The predicted molar refractivity (Wildman–Crippen MR) is 114 cm³/mol. The van der Waals surface area contributed by atoms with Crippen molar-refractivity contribution in [3.05, 3.63) is 24.3 Å². The molecule has 0 aliphatic carbocycles. The van der Waals surface area contributed by atoms with Crippen LogP contribution in [0.3, 0.4) is 0 Å². The fraction of sp³-hybridized carbons (Fsp3) is 0.792. The van der Waals surface area contributed by atoms with Crippen LogP contribution in [0.5, 0.6) is 0 Å². The fourth-order valence-electron chi connectivity index (χ4n) is 3.64. The van der Waals surface area contributed by atoms with Crippen molar-refractivity contribution in [2.24, 2.45) is 0 Å². The second kappa shape index (κ2) is 17.4.